The molecule has 1 saturated carbocycles. The Hall–Kier alpha value is -0.990. The molecule has 2 aliphatic rings. The van der Waals surface area contributed by atoms with Gasteiger partial charge in [0.25, 0.3) is 0 Å². The van der Waals surface area contributed by atoms with Gasteiger partial charge in [0.15, 0.2) is 5.96 Å². The molecule has 2 rings (SSSR count). The van der Waals surface area contributed by atoms with Gasteiger partial charge in [-0.2, -0.15) is 0 Å². The van der Waals surface area contributed by atoms with E-state index in [1.165, 1.54) is 32.1 Å². The van der Waals surface area contributed by atoms with Crippen LogP contribution in [-0.4, -0.2) is 29.5 Å². The fourth-order valence-corrected chi connectivity index (χ4v) is 3.46. The first-order valence-corrected chi connectivity index (χ1v) is 6.43. The van der Waals surface area contributed by atoms with E-state index in [0.717, 1.165) is 25.0 Å². The predicted octanol–water partition coefficient (Wildman–Crippen LogP) is 2.14. The van der Waals surface area contributed by atoms with E-state index < -0.39 is 0 Å². The highest BCUT2D eigenvalue weighted by molar-refractivity contribution is 5.81. The number of rotatable bonds is 3. The molecule has 1 aliphatic heterocycles. The summed E-state index contributed by atoms with van der Waals surface area (Å²) in [5.74, 6) is 1.46. The van der Waals surface area contributed by atoms with Crippen LogP contribution in [0.15, 0.2) is 17.6 Å². The molecule has 3 nitrogen and oxygen atoms in total. The molecule has 2 unspecified atom stereocenters. The Bertz CT molecular complexity index is 298. The van der Waals surface area contributed by atoms with E-state index in [9.17, 15) is 0 Å². The van der Waals surface area contributed by atoms with E-state index in [-0.39, 0.29) is 5.54 Å². The van der Waals surface area contributed by atoms with Crippen molar-refractivity contribution in [3.05, 3.63) is 12.7 Å². The summed E-state index contributed by atoms with van der Waals surface area (Å²) in [5.41, 5.74) is 6.23. The third-order valence-corrected chi connectivity index (χ3v) is 4.31. The Morgan fingerprint density at radius 1 is 1.62 bits per heavy atom. The fraction of sp³-hybridized carbons (Fsp3) is 0.769. The number of nitrogens with two attached hydrogens (primary N) is 1. The molecule has 2 N–H and O–H groups in total. The third kappa shape index (κ3) is 1.62. The Labute approximate surface area is 98.4 Å². The van der Waals surface area contributed by atoms with Gasteiger partial charge in [-0.3, -0.25) is 4.99 Å². The van der Waals surface area contributed by atoms with Gasteiger partial charge < -0.3 is 10.6 Å². The van der Waals surface area contributed by atoms with Crippen LogP contribution in [0.4, 0.5) is 0 Å². The molecule has 0 aromatic heterocycles. The number of hydrogen-bond donors (Lipinski definition) is 1. The van der Waals surface area contributed by atoms with Crippen molar-refractivity contribution in [3.8, 4) is 0 Å². The van der Waals surface area contributed by atoms with Crippen molar-refractivity contribution in [1.82, 2.24) is 4.90 Å². The quantitative estimate of drug-likeness (QED) is 0.742. The molecule has 0 radical (unpaired) electrons. The molecule has 3 heteroatoms. The zero-order valence-electron chi connectivity index (χ0n) is 10.3. The molecular weight excluding hydrogens is 198 g/mol. The SMILES string of the molecule is C=CCN1C(N)=NCC12CCCCC2CC. The smallest absolute Gasteiger partial charge is 0.192 e. The Morgan fingerprint density at radius 3 is 3.12 bits per heavy atom. The van der Waals surface area contributed by atoms with Crippen LogP contribution in [0.1, 0.15) is 39.0 Å². The van der Waals surface area contributed by atoms with Crippen LogP contribution in [0.2, 0.25) is 0 Å². The minimum atomic E-state index is 0.214. The van der Waals surface area contributed by atoms with Crippen LogP contribution in [0.5, 0.6) is 0 Å². The summed E-state index contributed by atoms with van der Waals surface area (Å²) < 4.78 is 0. The maximum atomic E-state index is 6.02. The highest BCUT2D eigenvalue weighted by atomic mass is 15.4. The largest absolute Gasteiger partial charge is 0.370 e. The zero-order chi connectivity index (χ0) is 11.6. The standard InChI is InChI=1S/C13H23N3/c1-3-9-16-12(14)15-10-13(16)8-6-5-7-11(13)4-2/h3,11H,1,4-10H2,2H3,(H2,14,15). The number of guanidine groups is 1. The zero-order valence-corrected chi connectivity index (χ0v) is 10.3. The van der Waals surface area contributed by atoms with Gasteiger partial charge in [0.05, 0.1) is 12.1 Å². The van der Waals surface area contributed by atoms with Crippen molar-refractivity contribution in [1.29, 1.82) is 0 Å². The summed E-state index contributed by atoms with van der Waals surface area (Å²) in [6, 6.07) is 0. The minimum absolute atomic E-state index is 0.214. The molecule has 1 aliphatic carbocycles. The molecule has 0 amide bonds. The van der Waals surface area contributed by atoms with Crippen molar-refractivity contribution < 1.29 is 0 Å². The topological polar surface area (TPSA) is 41.6 Å². The predicted molar refractivity (Wildman–Crippen MR) is 68.4 cm³/mol. The van der Waals surface area contributed by atoms with Gasteiger partial charge in [-0.25, -0.2) is 0 Å². The van der Waals surface area contributed by atoms with Gasteiger partial charge in [0.1, 0.15) is 0 Å². The van der Waals surface area contributed by atoms with E-state index in [1.54, 1.807) is 0 Å². The van der Waals surface area contributed by atoms with Gasteiger partial charge in [-0.15, -0.1) is 6.58 Å². The van der Waals surface area contributed by atoms with Crippen LogP contribution in [0, 0.1) is 5.92 Å². The Balaban J connectivity index is 2.24. The summed E-state index contributed by atoms with van der Waals surface area (Å²) in [6.07, 6.45) is 8.42. The summed E-state index contributed by atoms with van der Waals surface area (Å²) in [4.78, 5) is 6.78. The molecule has 0 aromatic rings. The third-order valence-electron chi connectivity index (χ3n) is 4.31. The lowest BCUT2D eigenvalue weighted by Gasteiger charge is -2.47. The Morgan fingerprint density at radius 2 is 2.44 bits per heavy atom. The highest BCUT2D eigenvalue weighted by Crippen LogP contribution is 2.42. The molecule has 2 atom stereocenters. The molecule has 0 bridgehead atoms. The second-order valence-corrected chi connectivity index (χ2v) is 5.03. The van der Waals surface area contributed by atoms with Crippen LogP contribution in [0.25, 0.3) is 0 Å². The average Bonchev–Trinajstić information content (AvgIpc) is 2.60. The summed E-state index contributed by atoms with van der Waals surface area (Å²) in [6.45, 7) is 7.86. The van der Waals surface area contributed by atoms with Gasteiger partial charge in [-0.1, -0.05) is 32.3 Å². The lowest BCUT2D eigenvalue weighted by atomic mass is 9.71. The van der Waals surface area contributed by atoms with Gasteiger partial charge in [0, 0.05) is 6.54 Å². The van der Waals surface area contributed by atoms with E-state index in [1.807, 2.05) is 6.08 Å². The second-order valence-electron chi connectivity index (χ2n) is 5.03. The molecule has 0 aromatic carbocycles. The summed E-state index contributed by atoms with van der Waals surface area (Å²) in [5, 5.41) is 0. The first-order valence-electron chi connectivity index (χ1n) is 6.43. The summed E-state index contributed by atoms with van der Waals surface area (Å²) >= 11 is 0. The van der Waals surface area contributed by atoms with Crippen LogP contribution in [-0.2, 0) is 0 Å². The van der Waals surface area contributed by atoms with E-state index in [0.29, 0.717) is 0 Å². The van der Waals surface area contributed by atoms with Gasteiger partial charge in [-0.05, 0) is 18.8 Å². The first kappa shape index (κ1) is 11.5. The van der Waals surface area contributed by atoms with E-state index >= 15 is 0 Å². The molecule has 1 spiro atoms. The molecule has 0 saturated heterocycles. The Kier molecular flexibility index (Phi) is 3.22. The van der Waals surface area contributed by atoms with Gasteiger partial charge >= 0.3 is 0 Å². The monoisotopic (exact) mass is 221 g/mol. The van der Waals surface area contributed by atoms with Crippen LogP contribution in [0.3, 0.4) is 0 Å². The average molecular weight is 221 g/mol. The number of hydrogen-bond acceptors (Lipinski definition) is 3. The van der Waals surface area contributed by atoms with Crippen LogP contribution < -0.4 is 5.73 Å². The number of nitrogens with zero attached hydrogens (tertiary/aromatic N) is 2. The minimum Gasteiger partial charge on any atom is -0.370 e. The van der Waals surface area contributed by atoms with E-state index in [2.05, 4.69) is 23.4 Å². The molecule has 1 heterocycles. The maximum Gasteiger partial charge on any atom is 0.192 e. The highest BCUT2D eigenvalue weighted by Gasteiger charge is 2.47. The van der Waals surface area contributed by atoms with Crippen LogP contribution >= 0.6 is 0 Å². The first-order chi connectivity index (χ1) is 7.74. The second kappa shape index (κ2) is 4.48. The lowest BCUT2D eigenvalue weighted by Crippen LogP contribution is -2.57. The lowest BCUT2D eigenvalue weighted by molar-refractivity contribution is 0.0776. The fourth-order valence-electron chi connectivity index (χ4n) is 3.46. The normalized spacial score (nSPS) is 34.2. The van der Waals surface area contributed by atoms with Crippen molar-refractivity contribution >= 4 is 5.96 Å². The van der Waals surface area contributed by atoms with Crippen molar-refractivity contribution in [2.24, 2.45) is 16.6 Å². The summed E-state index contributed by atoms with van der Waals surface area (Å²) in [7, 11) is 0. The number of aliphatic imine (C=N–C) groups is 1. The van der Waals surface area contributed by atoms with Gasteiger partial charge in [0.2, 0.25) is 0 Å². The van der Waals surface area contributed by atoms with Crippen molar-refractivity contribution in [2.45, 2.75) is 44.6 Å². The van der Waals surface area contributed by atoms with E-state index in [4.69, 9.17) is 5.73 Å². The van der Waals surface area contributed by atoms with Crippen molar-refractivity contribution in [2.75, 3.05) is 13.1 Å². The molecule has 90 valence electrons. The molecule has 16 heavy (non-hydrogen) atoms. The van der Waals surface area contributed by atoms with Crippen molar-refractivity contribution in [3.63, 3.8) is 0 Å². The maximum absolute atomic E-state index is 6.02. The molecular formula is C13H23N3. The molecule has 1 fully saturated rings.